The van der Waals surface area contributed by atoms with Crippen LogP contribution in [0.3, 0.4) is 0 Å². The van der Waals surface area contributed by atoms with Gasteiger partial charge in [-0.15, -0.1) is 0 Å². The summed E-state index contributed by atoms with van der Waals surface area (Å²) in [5.74, 6) is -0.684. The lowest BCUT2D eigenvalue weighted by Crippen LogP contribution is -2.32. The number of aromatic nitrogens is 2. The van der Waals surface area contributed by atoms with Crippen LogP contribution in [-0.4, -0.2) is 39.6 Å². The largest absolute Gasteiger partial charge is 0.348 e. The first-order valence-electron chi connectivity index (χ1n) is 10.5. The van der Waals surface area contributed by atoms with Crippen LogP contribution in [0.15, 0.2) is 54.6 Å². The summed E-state index contributed by atoms with van der Waals surface area (Å²) in [4.78, 5) is 26.3. The van der Waals surface area contributed by atoms with E-state index in [1.54, 1.807) is 49.2 Å². The Labute approximate surface area is 197 Å². The molecule has 0 unspecified atom stereocenters. The van der Waals surface area contributed by atoms with E-state index in [9.17, 15) is 14.0 Å². The lowest BCUT2D eigenvalue weighted by molar-refractivity contribution is -0.116. The van der Waals surface area contributed by atoms with Crippen LogP contribution < -0.4 is 5.32 Å². The third-order valence-corrected chi connectivity index (χ3v) is 5.65. The van der Waals surface area contributed by atoms with E-state index >= 15 is 0 Å². The number of nitrogens with zero attached hydrogens (tertiary/aromatic N) is 3. The number of aryl methyl sites for hydroxylation is 1. The summed E-state index contributed by atoms with van der Waals surface area (Å²) >= 11 is 6.44. The number of nitrogens with one attached hydrogen (secondary N) is 1. The minimum atomic E-state index is -0.348. The van der Waals surface area contributed by atoms with Gasteiger partial charge in [0.25, 0.3) is 5.91 Å². The molecule has 0 spiro atoms. The molecule has 1 N–H and O–H groups in total. The lowest BCUT2D eigenvalue weighted by Gasteiger charge is -2.21. The molecule has 0 atom stereocenters. The van der Waals surface area contributed by atoms with Gasteiger partial charge in [-0.05, 0) is 68.8 Å². The van der Waals surface area contributed by atoms with Gasteiger partial charge >= 0.3 is 0 Å². The topological polar surface area (TPSA) is 67.2 Å². The zero-order chi connectivity index (χ0) is 24.1. The summed E-state index contributed by atoms with van der Waals surface area (Å²) in [6.07, 6.45) is 2.99. The van der Waals surface area contributed by atoms with Crippen LogP contribution in [0, 0.1) is 12.7 Å². The summed E-state index contributed by atoms with van der Waals surface area (Å²) in [5, 5.41) is 7.51. The SMILES string of the molecule is Cc1nn(-c2ccc(F)cc2)c(Cl)c1/C=C/C(=O)NCc1ccc(C(=O)N(C)C(C)C)cc1. The van der Waals surface area contributed by atoms with Crippen LogP contribution in [0.1, 0.15) is 41.0 Å². The average molecular weight is 469 g/mol. The molecule has 1 aromatic heterocycles. The third kappa shape index (κ3) is 5.87. The highest BCUT2D eigenvalue weighted by molar-refractivity contribution is 6.31. The van der Waals surface area contributed by atoms with Crippen molar-refractivity contribution >= 4 is 29.5 Å². The van der Waals surface area contributed by atoms with E-state index in [4.69, 9.17) is 11.6 Å². The first-order valence-corrected chi connectivity index (χ1v) is 10.9. The van der Waals surface area contributed by atoms with E-state index in [0.29, 0.717) is 34.2 Å². The number of benzene rings is 2. The van der Waals surface area contributed by atoms with E-state index in [-0.39, 0.29) is 23.7 Å². The molecule has 0 aliphatic heterocycles. The van der Waals surface area contributed by atoms with Crippen molar-refractivity contribution in [2.45, 2.75) is 33.4 Å². The maximum atomic E-state index is 13.2. The van der Waals surface area contributed by atoms with Gasteiger partial charge < -0.3 is 10.2 Å². The molecule has 6 nitrogen and oxygen atoms in total. The molecule has 3 rings (SSSR count). The van der Waals surface area contributed by atoms with Crippen molar-refractivity contribution in [3.8, 4) is 5.69 Å². The van der Waals surface area contributed by atoms with E-state index < -0.39 is 0 Å². The van der Waals surface area contributed by atoms with Crippen LogP contribution in [0.25, 0.3) is 11.8 Å². The van der Waals surface area contributed by atoms with Gasteiger partial charge in [0.2, 0.25) is 5.91 Å². The van der Waals surface area contributed by atoms with E-state index in [1.165, 1.54) is 22.9 Å². The highest BCUT2D eigenvalue weighted by atomic mass is 35.5. The second-order valence-corrected chi connectivity index (χ2v) is 8.29. The predicted octanol–water partition coefficient (Wildman–Crippen LogP) is 4.78. The molecule has 172 valence electrons. The molecule has 1 heterocycles. The Bertz CT molecular complexity index is 1170. The Kier molecular flexibility index (Phi) is 7.66. The molecule has 8 heteroatoms. The normalized spacial score (nSPS) is 11.2. The Morgan fingerprint density at radius 1 is 1.15 bits per heavy atom. The van der Waals surface area contributed by atoms with Crippen LogP contribution in [0.4, 0.5) is 4.39 Å². The minimum Gasteiger partial charge on any atom is -0.348 e. The van der Waals surface area contributed by atoms with Crippen LogP contribution >= 0.6 is 11.6 Å². The standard InChI is InChI=1S/C25H26ClFN4O2/c1-16(2)30(4)25(33)19-7-5-18(6-8-19)15-28-23(32)14-13-22-17(3)29-31(24(22)26)21-11-9-20(27)10-12-21/h5-14,16H,15H2,1-4H3,(H,28,32)/b14-13+. The van der Waals surface area contributed by atoms with Crippen molar-refractivity contribution in [3.63, 3.8) is 0 Å². The van der Waals surface area contributed by atoms with Crippen molar-refractivity contribution < 1.29 is 14.0 Å². The summed E-state index contributed by atoms with van der Waals surface area (Å²) in [6, 6.07) is 13.1. The molecule has 33 heavy (non-hydrogen) atoms. The molecule has 2 aromatic carbocycles. The van der Waals surface area contributed by atoms with Gasteiger partial charge in [-0.25, -0.2) is 9.07 Å². The summed E-state index contributed by atoms with van der Waals surface area (Å²) in [5.41, 5.74) is 3.34. The number of carbonyl (C=O) groups is 2. The molecule has 0 saturated heterocycles. The van der Waals surface area contributed by atoms with E-state index in [2.05, 4.69) is 10.4 Å². The van der Waals surface area contributed by atoms with Gasteiger partial charge in [-0.1, -0.05) is 23.7 Å². The molecule has 0 aliphatic rings. The molecular weight excluding hydrogens is 443 g/mol. The minimum absolute atomic E-state index is 0.0445. The first-order chi connectivity index (χ1) is 15.7. The smallest absolute Gasteiger partial charge is 0.253 e. The van der Waals surface area contributed by atoms with E-state index in [0.717, 1.165) is 5.56 Å². The van der Waals surface area contributed by atoms with Crippen molar-refractivity contribution in [3.05, 3.63) is 88.0 Å². The third-order valence-electron chi connectivity index (χ3n) is 5.28. The Morgan fingerprint density at radius 2 is 1.79 bits per heavy atom. The highest BCUT2D eigenvalue weighted by Crippen LogP contribution is 2.24. The zero-order valence-corrected chi connectivity index (χ0v) is 19.7. The Balaban J connectivity index is 1.62. The van der Waals surface area contributed by atoms with Gasteiger partial charge in [0.1, 0.15) is 11.0 Å². The number of halogens is 2. The molecule has 0 saturated carbocycles. The van der Waals surface area contributed by atoms with Crippen LogP contribution in [0.5, 0.6) is 0 Å². The quantitative estimate of drug-likeness (QED) is 0.507. The van der Waals surface area contributed by atoms with E-state index in [1.807, 2.05) is 26.0 Å². The monoisotopic (exact) mass is 468 g/mol. The predicted molar refractivity (Wildman–Crippen MR) is 128 cm³/mol. The van der Waals surface area contributed by atoms with Gasteiger partial charge in [0.15, 0.2) is 0 Å². The molecule has 2 amide bonds. The number of hydrogen-bond donors (Lipinski definition) is 1. The van der Waals surface area contributed by atoms with Gasteiger partial charge in [0.05, 0.1) is 11.4 Å². The van der Waals surface area contributed by atoms with Crippen molar-refractivity contribution in [1.29, 1.82) is 0 Å². The second-order valence-electron chi connectivity index (χ2n) is 7.94. The number of carbonyl (C=O) groups excluding carboxylic acids is 2. The van der Waals surface area contributed by atoms with Crippen molar-refractivity contribution in [2.75, 3.05) is 7.05 Å². The first kappa shape index (κ1) is 24.2. The van der Waals surface area contributed by atoms with Gasteiger partial charge in [0, 0.05) is 36.8 Å². The average Bonchev–Trinajstić information content (AvgIpc) is 3.09. The highest BCUT2D eigenvalue weighted by Gasteiger charge is 2.15. The summed E-state index contributed by atoms with van der Waals surface area (Å²) < 4.78 is 14.7. The molecular formula is C25H26ClFN4O2. The van der Waals surface area contributed by atoms with Gasteiger partial charge in [-0.3, -0.25) is 9.59 Å². The fourth-order valence-electron chi connectivity index (χ4n) is 3.06. The number of rotatable bonds is 7. The van der Waals surface area contributed by atoms with Crippen molar-refractivity contribution in [1.82, 2.24) is 20.0 Å². The summed E-state index contributed by atoms with van der Waals surface area (Å²) in [6.45, 7) is 6.01. The zero-order valence-electron chi connectivity index (χ0n) is 19.0. The van der Waals surface area contributed by atoms with Gasteiger partial charge in [-0.2, -0.15) is 5.10 Å². The maximum absolute atomic E-state index is 13.2. The van der Waals surface area contributed by atoms with Crippen LogP contribution in [0.2, 0.25) is 5.15 Å². The Morgan fingerprint density at radius 3 is 2.39 bits per heavy atom. The lowest BCUT2D eigenvalue weighted by atomic mass is 10.1. The second kappa shape index (κ2) is 10.4. The molecule has 0 aliphatic carbocycles. The molecule has 0 radical (unpaired) electrons. The fourth-order valence-corrected chi connectivity index (χ4v) is 3.40. The number of amides is 2. The van der Waals surface area contributed by atoms with Crippen LogP contribution in [-0.2, 0) is 11.3 Å². The summed E-state index contributed by atoms with van der Waals surface area (Å²) in [7, 11) is 1.77. The van der Waals surface area contributed by atoms with Crippen molar-refractivity contribution in [2.24, 2.45) is 0 Å². The Hall–Kier alpha value is -3.45. The number of hydrogen-bond acceptors (Lipinski definition) is 3. The fraction of sp³-hybridized carbons (Fsp3) is 0.240. The molecule has 3 aromatic rings. The maximum Gasteiger partial charge on any atom is 0.253 e. The molecule has 0 fully saturated rings. The molecule has 0 bridgehead atoms.